The van der Waals surface area contributed by atoms with Gasteiger partial charge in [0.2, 0.25) is 0 Å². The van der Waals surface area contributed by atoms with Crippen LogP contribution in [0.1, 0.15) is 36.8 Å². The van der Waals surface area contributed by atoms with E-state index >= 15 is 0 Å². The molecule has 2 unspecified atom stereocenters. The standard InChI is InChI=1S/C24H28N2O7/c25-19(23(29)31-15-17-7-3-1-4-8-17)11-13-21(27)33-22(28)14-12-20(26)24(30)32-16-18-9-5-2-6-10-18/h1-10,19-20H,11-16,25-26H2. The molecule has 0 aliphatic heterocycles. The highest BCUT2D eigenvalue weighted by molar-refractivity contribution is 5.86. The molecule has 2 aromatic rings. The van der Waals surface area contributed by atoms with Crippen LogP contribution in [-0.4, -0.2) is 36.0 Å². The van der Waals surface area contributed by atoms with Gasteiger partial charge in [0.15, 0.2) is 0 Å². The van der Waals surface area contributed by atoms with E-state index in [0.717, 1.165) is 11.1 Å². The van der Waals surface area contributed by atoms with E-state index in [1.165, 1.54) is 0 Å². The van der Waals surface area contributed by atoms with Crippen molar-refractivity contribution in [1.29, 1.82) is 0 Å². The number of nitrogens with two attached hydrogens (primary N) is 2. The Hall–Kier alpha value is -3.56. The van der Waals surface area contributed by atoms with Crippen molar-refractivity contribution in [3.05, 3.63) is 71.8 Å². The maximum Gasteiger partial charge on any atom is 0.323 e. The first-order chi connectivity index (χ1) is 15.8. The van der Waals surface area contributed by atoms with Crippen molar-refractivity contribution in [3.8, 4) is 0 Å². The average Bonchev–Trinajstić information content (AvgIpc) is 2.84. The van der Waals surface area contributed by atoms with E-state index in [0.29, 0.717) is 0 Å². The number of rotatable bonds is 12. The Morgan fingerprint density at radius 1 is 0.636 bits per heavy atom. The molecule has 0 spiro atoms. The molecular weight excluding hydrogens is 428 g/mol. The highest BCUT2D eigenvalue weighted by atomic mass is 16.6. The van der Waals surface area contributed by atoms with E-state index in [-0.39, 0.29) is 38.9 Å². The lowest BCUT2D eigenvalue weighted by Gasteiger charge is -2.12. The first kappa shape index (κ1) is 25.7. The summed E-state index contributed by atoms with van der Waals surface area (Å²) in [4.78, 5) is 47.5. The normalized spacial score (nSPS) is 12.3. The molecule has 33 heavy (non-hydrogen) atoms. The van der Waals surface area contributed by atoms with Gasteiger partial charge in [0, 0.05) is 12.8 Å². The van der Waals surface area contributed by atoms with Crippen LogP contribution in [0, 0.1) is 0 Å². The average molecular weight is 456 g/mol. The lowest BCUT2D eigenvalue weighted by molar-refractivity contribution is -0.159. The molecule has 176 valence electrons. The van der Waals surface area contributed by atoms with E-state index in [9.17, 15) is 19.2 Å². The predicted octanol–water partition coefficient (Wildman–Crippen LogP) is 1.76. The van der Waals surface area contributed by atoms with Crippen LogP contribution in [0.15, 0.2) is 60.7 Å². The molecule has 0 aromatic heterocycles. The van der Waals surface area contributed by atoms with Crippen LogP contribution < -0.4 is 11.5 Å². The molecule has 0 bridgehead atoms. The Balaban J connectivity index is 1.60. The first-order valence-corrected chi connectivity index (χ1v) is 10.5. The molecule has 0 saturated heterocycles. The third-order valence-corrected chi connectivity index (χ3v) is 4.60. The van der Waals surface area contributed by atoms with Crippen molar-refractivity contribution >= 4 is 23.9 Å². The number of ether oxygens (including phenoxy) is 3. The van der Waals surface area contributed by atoms with E-state index in [1.807, 2.05) is 36.4 Å². The molecule has 9 heteroatoms. The highest BCUT2D eigenvalue weighted by Crippen LogP contribution is 2.07. The molecule has 0 saturated carbocycles. The number of hydrogen-bond acceptors (Lipinski definition) is 9. The molecule has 0 fully saturated rings. The summed E-state index contributed by atoms with van der Waals surface area (Å²) in [6.07, 6.45) is -0.548. The van der Waals surface area contributed by atoms with Gasteiger partial charge in [-0.25, -0.2) is 0 Å². The second-order valence-electron chi connectivity index (χ2n) is 7.32. The maximum atomic E-state index is 11.9. The van der Waals surface area contributed by atoms with Crippen molar-refractivity contribution in [1.82, 2.24) is 0 Å². The molecule has 0 aliphatic carbocycles. The maximum absolute atomic E-state index is 11.9. The summed E-state index contributed by atoms with van der Waals surface area (Å²) in [6, 6.07) is 16.1. The van der Waals surface area contributed by atoms with Gasteiger partial charge < -0.3 is 25.7 Å². The van der Waals surface area contributed by atoms with Crippen molar-refractivity contribution in [3.63, 3.8) is 0 Å². The van der Waals surface area contributed by atoms with Gasteiger partial charge in [0.1, 0.15) is 25.3 Å². The number of carbonyl (C=O) groups is 4. The third kappa shape index (κ3) is 10.1. The minimum atomic E-state index is -1.02. The molecule has 2 aromatic carbocycles. The second kappa shape index (κ2) is 13.8. The molecule has 2 rings (SSSR count). The summed E-state index contributed by atoms with van der Waals surface area (Å²) in [7, 11) is 0. The number of benzene rings is 2. The van der Waals surface area contributed by atoms with Crippen molar-refractivity contribution < 1.29 is 33.4 Å². The predicted molar refractivity (Wildman–Crippen MR) is 118 cm³/mol. The van der Waals surface area contributed by atoms with Crippen LogP contribution in [0.3, 0.4) is 0 Å². The highest BCUT2D eigenvalue weighted by Gasteiger charge is 2.21. The number of esters is 4. The first-order valence-electron chi connectivity index (χ1n) is 10.5. The Morgan fingerprint density at radius 3 is 1.36 bits per heavy atom. The molecule has 0 heterocycles. The van der Waals surface area contributed by atoms with Crippen LogP contribution in [-0.2, 0) is 46.6 Å². The van der Waals surface area contributed by atoms with Gasteiger partial charge in [-0.05, 0) is 24.0 Å². The quantitative estimate of drug-likeness (QED) is 0.277. The van der Waals surface area contributed by atoms with Crippen molar-refractivity contribution in [2.45, 2.75) is 51.0 Å². The monoisotopic (exact) mass is 456 g/mol. The van der Waals surface area contributed by atoms with E-state index in [1.54, 1.807) is 24.3 Å². The fourth-order valence-corrected chi connectivity index (χ4v) is 2.68. The van der Waals surface area contributed by atoms with Gasteiger partial charge in [-0.1, -0.05) is 60.7 Å². The summed E-state index contributed by atoms with van der Waals surface area (Å²) < 4.78 is 14.9. The van der Waals surface area contributed by atoms with Gasteiger partial charge in [-0.3, -0.25) is 19.2 Å². The van der Waals surface area contributed by atoms with Crippen molar-refractivity contribution in [2.75, 3.05) is 0 Å². The van der Waals surface area contributed by atoms with E-state index < -0.39 is 36.0 Å². The number of carbonyl (C=O) groups excluding carboxylic acids is 4. The molecule has 4 N–H and O–H groups in total. The summed E-state index contributed by atoms with van der Waals surface area (Å²) in [5.41, 5.74) is 13.1. The molecule has 2 atom stereocenters. The summed E-state index contributed by atoms with van der Waals surface area (Å²) in [6.45, 7) is 0.148. The van der Waals surface area contributed by atoms with Gasteiger partial charge in [0.05, 0.1) is 0 Å². The summed E-state index contributed by atoms with van der Waals surface area (Å²) in [5.74, 6) is -2.96. The van der Waals surface area contributed by atoms with Crippen LogP contribution in [0.4, 0.5) is 0 Å². The molecule has 0 aliphatic rings. The van der Waals surface area contributed by atoms with Crippen LogP contribution in [0.25, 0.3) is 0 Å². The second-order valence-corrected chi connectivity index (χ2v) is 7.32. The van der Waals surface area contributed by atoms with Crippen LogP contribution in [0.2, 0.25) is 0 Å². The third-order valence-electron chi connectivity index (χ3n) is 4.60. The molecular formula is C24H28N2O7. The van der Waals surface area contributed by atoms with E-state index in [2.05, 4.69) is 4.74 Å². The topological polar surface area (TPSA) is 148 Å². The zero-order valence-electron chi connectivity index (χ0n) is 18.2. The molecule has 9 nitrogen and oxygen atoms in total. The van der Waals surface area contributed by atoms with Gasteiger partial charge in [-0.15, -0.1) is 0 Å². The summed E-state index contributed by atoms with van der Waals surface area (Å²) in [5, 5.41) is 0. The zero-order chi connectivity index (χ0) is 24.1. The fourth-order valence-electron chi connectivity index (χ4n) is 2.68. The lowest BCUT2D eigenvalue weighted by Crippen LogP contribution is -2.33. The zero-order valence-corrected chi connectivity index (χ0v) is 18.2. The molecule has 0 amide bonds. The fraction of sp³-hybridized carbons (Fsp3) is 0.333. The summed E-state index contributed by atoms with van der Waals surface area (Å²) >= 11 is 0. The minimum Gasteiger partial charge on any atom is -0.460 e. The van der Waals surface area contributed by atoms with Gasteiger partial charge in [0.25, 0.3) is 0 Å². The molecule has 0 radical (unpaired) electrons. The lowest BCUT2D eigenvalue weighted by atomic mass is 10.1. The minimum absolute atomic E-state index is 0.0366. The van der Waals surface area contributed by atoms with Crippen molar-refractivity contribution in [2.24, 2.45) is 11.5 Å². The Bertz CT molecular complexity index is 843. The smallest absolute Gasteiger partial charge is 0.323 e. The number of hydrogen-bond donors (Lipinski definition) is 2. The Kier molecular flexibility index (Phi) is 10.7. The SMILES string of the molecule is NC(CCC(=O)OC(=O)CCC(N)C(=O)OCc1ccccc1)C(=O)OCc1ccccc1. The Morgan fingerprint density at radius 2 is 1.00 bits per heavy atom. The van der Waals surface area contributed by atoms with Crippen LogP contribution in [0.5, 0.6) is 0 Å². The Labute approximate surface area is 192 Å². The van der Waals surface area contributed by atoms with E-state index in [4.69, 9.17) is 20.9 Å². The largest absolute Gasteiger partial charge is 0.460 e. The van der Waals surface area contributed by atoms with Gasteiger partial charge in [-0.2, -0.15) is 0 Å². The van der Waals surface area contributed by atoms with Gasteiger partial charge >= 0.3 is 23.9 Å². The van der Waals surface area contributed by atoms with Crippen LogP contribution >= 0.6 is 0 Å².